The molecule has 1 rings (SSSR count). The fraction of sp³-hybridized carbons (Fsp3) is 1.00. The minimum atomic E-state index is 0.619. The highest BCUT2D eigenvalue weighted by Gasteiger charge is 2.25. The molecule has 2 atom stereocenters. The summed E-state index contributed by atoms with van der Waals surface area (Å²) in [5, 5.41) is 1.88. The molecule has 1 aliphatic carbocycles. The van der Waals surface area contributed by atoms with Gasteiger partial charge in [-0.25, -0.2) is 5.01 Å². The highest BCUT2D eigenvalue weighted by atomic mass is 15.4. The predicted molar refractivity (Wildman–Crippen MR) is 47.9 cm³/mol. The van der Waals surface area contributed by atoms with Crippen LogP contribution in [0.15, 0.2) is 0 Å². The third-order valence-electron chi connectivity index (χ3n) is 2.73. The Morgan fingerprint density at radius 2 is 1.55 bits per heavy atom. The Bertz CT molecular complexity index is 113. The van der Waals surface area contributed by atoms with E-state index in [-0.39, 0.29) is 0 Å². The maximum absolute atomic E-state index is 5.72. The lowest BCUT2D eigenvalue weighted by Crippen LogP contribution is -2.42. The molecule has 0 amide bonds. The zero-order chi connectivity index (χ0) is 8.43. The molecule has 0 bridgehead atoms. The first kappa shape index (κ1) is 9.01. The Balaban J connectivity index is 2.43. The number of nitrogens with two attached hydrogens (primary N) is 1. The molecule has 2 nitrogen and oxygen atoms in total. The van der Waals surface area contributed by atoms with Gasteiger partial charge in [-0.15, -0.1) is 0 Å². The van der Waals surface area contributed by atoms with Gasteiger partial charge < -0.3 is 0 Å². The number of rotatable bonds is 1. The molecule has 1 fully saturated rings. The summed E-state index contributed by atoms with van der Waals surface area (Å²) in [6.07, 6.45) is 3.93. The Labute approximate surface area is 69.7 Å². The largest absolute Gasteiger partial charge is 0.269 e. The number of hydrogen-bond acceptors (Lipinski definition) is 2. The van der Waals surface area contributed by atoms with Crippen LogP contribution in [0.4, 0.5) is 0 Å². The van der Waals surface area contributed by atoms with Gasteiger partial charge in [0.2, 0.25) is 0 Å². The first-order valence-electron chi connectivity index (χ1n) is 4.57. The molecule has 1 aliphatic rings. The second kappa shape index (κ2) is 3.55. The first-order chi connectivity index (χ1) is 5.09. The molecule has 0 aliphatic heterocycles. The van der Waals surface area contributed by atoms with Gasteiger partial charge in [0.25, 0.3) is 0 Å². The van der Waals surface area contributed by atoms with E-state index in [0.29, 0.717) is 6.04 Å². The van der Waals surface area contributed by atoms with Crippen LogP contribution in [0, 0.1) is 11.8 Å². The summed E-state index contributed by atoms with van der Waals surface area (Å²) < 4.78 is 0. The number of hydrazine groups is 1. The van der Waals surface area contributed by atoms with Crippen LogP contribution in [-0.2, 0) is 0 Å². The van der Waals surface area contributed by atoms with Crippen LogP contribution in [0.1, 0.15) is 33.1 Å². The Kier molecular flexibility index (Phi) is 2.90. The third kappa shape index (κ3) is 2.46. The molecule has 0 saturated heterocycles. The standard InChI is InChI=1S/C9H20N2/c1-7-4-8(2)6-9(5-7)11(3)10/h7-9H,4-6,10H2,1-3H3. The van der Waals surface area contributed by atoms with Crippen molar-refractivity contribution in [1.82, 2.24) is 5.01 Å². The molecule has 2 N–H and O–H groups in total. The van der Waals surface area contributed by atoms with Crippen molar-refractivity contribution < 1.29 is 0 Å². The van der Waals surface area contributed by atoms with Crippen LogP contribution in [-0.4, -0.2) is 18.1 Å². The lowest BCUT2D eigenvalue weighted by Gasteiger charge is -2.34. The first-order valence-corrected chi connectivity index (χ1v) is 4.57. The summed E-state index contributed by atoms with van der Waals surface area (Å²) in [5.41, 5.74) is 0. The van der Waals surface area contributed by atoms with Crippen LogP contribution >= 0.6 is 0 Å². The maximum atomic E-state index is 5.72. The van der Waals surface area contributed by atoms with E-state index >= 15 is 0 Å². The van der Waals surface area contributed by atoms with E-state index in [1.807, 2.05) is 12.1 Å². The van der Waals surface area contributed by atoms with Gasteiger partial charge in [-0.3, -0.25) is 5.84 Å². The lowest BCUT2D eigenvalue weighted by molar-refractivity contribution is 0.135. The van der Waals surface area contributed by atoms with Gasteiger partial charge in [-0.2, -0.15) is 0 Å². The molecule has 0 aromatic rings. The van der Waals surface area contributed by atoms with E-state index in [4.69, 9.17) is 5.84 Å². The molecule has 0 heterocycles. The predicted octanol–water partition coefficient (Wildman–Crippen LogP) is 1.62. The van der Waals surface area contributed by atoms with E-state index in [2.05, 4.69) is 13.8 Å². The van der Waals surface area contributed by atoms with E-state index in [1.54, 1.807) is 0 Å². The summed E-state index contributed by atoms with van der Waals surface area (Å²) in [6, 6.07) is 0.619. The molecular formula is C9H20N2. The van der Waals surface area contributed by atoms with Gasteiger partial charge in [0.1, 0.15) is 0 Å². The van der Waals surface area contributed by atoms with Gasteiger partial charge >= 0.3 is 0 Å². The van der Waals surface area contributed by atoms with Crippen molar-refractivity contribution in [3.8, 4) is 0 Å². The Hall–Kier alpha value is -0.0800. The molecule has 2 unspecified atom stereocenters. The van der Waals surface area contributed by atoms with Crippen LogP contribution in [0.25, 0.3) is 0 Å². The second-order valence-electron chi connectivity index (χ2n) is 4.24. The summed E-state index contributed by atoms with van der Waals surface area (Å²) in [4.78, 5) is 0. The van der Waals surface area contributed by atoms with Gasteiger partial charge in [-0.1, -0.05) is 13.8 Å². The molecule has 2 heteroatoms. The molecule has 0 spiro atoms. The summed E-state index contributed by atoms with van der Waals surface area (Å²) in [7, 11) is 1.98. The highest BCUT2D eigenvalue weighted by Crippen LogP contribution is 2.29. The van der Waals surface area contributed by atoms with Gasteiger partial charge in [-0.05, 0) is 31.1 Å². The number of hydrogen-bond donors (Lipinski definition) is 1. The summed E-state index contributed by atoms with van der Waals surface area (Å²) >= 11 is 0. The normalized spacial score (nSPS) is 39.5. The fourth-order valence-electron chi connectivity index (χ4n) is 2.24. The summed E-state index contributed by atoms with van der Waals surface area (Å²) in [6.45, 7) is 4.65. The Morgan fingerprint density at radius 3 is 1.91 bits per heavy atom. The average molecular weight is 156 g/mol. The van der Waals surface area contributed by atoms with Gasteiger partial charge in [0.15, 0.2) is 0 Å². The zero-order valence-corrected chi connectivity index (χ0v) is 7.88. The van der Waals surface area contributed by atoms with Gasteiger partial charge in [0, 0.05) is 13.1 Å². The van der Waals surface area contributed by atoms with E-state index in [0.717, 1.165) is 11.8 Å². The highest BCUT2D eigenvalue weighted by molar-refractivity contribution is 4.78. The molecule has 66 valence electrons. The van der Waals surface area contributed by atoms with Crippen LogP contribution in [0.5, 0.6) is 0 Å². The number of nitrogens with zero attached hydrogens (tertiary/aromatic N) is 1. The fourth-order valence-corrected chi connectivity index (χ4v) is 2.24. The van der Waals surface area contributed by atoms with E-state index < -0.39 is 0 Å². The summed E-state index contributed by atoms with van der Waals surface area (Å²) in [5.74, 6) is 7.44. The SMILES string of the molecule is CC1CC(C)CC(N(C)N)C1. The van der Waals surface area contributed by atoms with Crippen molar-refractivity contribution in [2.75, 3.05) is 7.05 Å². The average Bonchev–Trinajstić information content (AvgIpc) is 1.85. The van der Waals surface area contributed by atoms with Crippen molar-refractivity contribution >= 4 is 0 Å². The molecule has 1 saturated carbocycles. The minimum Gasteiger partial charge on any atom is -0.269 e. The quantitative estimate of drug-likeness (QED) is 0.462. The van der Waals surface area contributed by atoms with E-state index in [1.165, 1.54) is 19.3 Å². The van der Waals surface area contributed by atoms with Crippen LogP contribution in [0.2, 0.25) is 0 Å². The van der Waals surface area contributed by atoms with Gasteiger partial charge in [0.05, 0.1) is 0 Å². The minimum absolute atomic E-state index is 0.619. The van der Waals surface area contributed by atoms with Crippen molar-refractivity contribution in [2.45, 2.75) is 39.2 Å². The monoisotopic (exact) mass is 156 g/mol. The maximum Gasteiger partial charge on any atom is 0.0243 e. The molecule has 0 aromatic carbocycles. The van der Waals surface area contributed by atoms with Crippen molar-refractivity contribution in [2.24, 2.45) is 17.7 Å². The lowest BCUT2D eigenvalue weighted by atomic mass is 9.80. The van der Waals surface area contributed by atoms with Crippen LogP contribution < -0.4 is 5.84 Å². The smallest absolute Gasteiger partial charge is 0.0243 e. The molecule has 0 radical (unpaired) electrons. The molecular weight excluding hydrogens is 136 g/mol. The van der Waals surface area contributed by atoms with E-state index in [9.17, 15) is 0 Å². The Morgan fingerprint density at radius 1 is 1.09 bits per heavy atom. The van der Waals surface area contributed by atoms with Crippen LogP contribution in [0.3, 0.4) is 0 Å². The molecule has 0 aromatic heterocycles. The van der Waals surface area contributed by atoms with Crippen molar-refractivity contribution in [3.05, 3.63) is 0 Å². The third-order valence-corrected chi connectivity index (χ3v) is 2.73. The van der Waals surface area contributed by atoms with Crippen molar-refractivity contribution in [3.63, 3.8) is 0 Å². The van der Waals surface area contributed by atoms with Crippen molar-refractivity contribution in [1.29, 1.82) is 0 Å². The zero-order valence-electron chi connectivity index (χ0n) is 7.88. The second-order valence-corrected chi connectivity index (χ2v) is 4.24. The topological polar surface area (TPSA) is 29.3 Å². The molecule has 11 heavy (non-hydrogen) atoms.